The van der Waals surface area contributed by atoms with Crippen LogP contribution in [0, 0.1) is 5.92 Å². The molecular weight excluding hydrogens is 246 g/mol. The summed E-state index contributed by atoms with van der Waals surface area (Å²) in [4.78, 5) is 27.7. The molecule has 5 nitrogen and oxygen atoms in total. The summed E-state index contributed by atoms with van der Waals surface area (Å²) < 4.78 is 4.93. The van der Waals surface area contributed by atoms with Crippen molar-refractivity contribution in [2.45, 2.75) is 13.8 Å². The Kier molecular flexibility index (Phi) is 3.46. The van der Waals surface area contributed by atoms with Crippen LogP contribution in [0.15, 0.2) is 41.1 Å². The summed E-state index contributed by atoms with van der Waals surface area (Å²) in [6.45, 7) is 3.16. The number of rotatable bonds is 2. The molecule has 1 heterocycles. The molecule has 0 radical (unpaired) electrons. The fourth-order valence-corrected chi connectivity index (χ4v) is 1.82. The number of allylic oxidation sites excluding steroid dienone is 2. The van der Waals surface area contributed by atoms with E-state index in [2.05, 4.69) is 4.99 Å². The van der Waals surface area contributed by atoms with Gasteiger partial charge in [0, 0.05) is 11.8 Å². The van der Waals surface area contributed by atoms with E-state index in [1.165, 1.54) is 18.2 Å². The lowest BCUT2D eigenvalue weighted by Crippen LogP contribution is -2.34. The number of ketones is 1. The van der Waals surface area contributed by atoms with Gasteiger partial charge in [-0.05, 0) is 38.1 Å². The lowest BCUT2D eigenvalue weighted by Gasteiger charge is -2.18. The smallest absolute Gasteiger partial charge is 0.327 e. The molecule has 1 N–H and O–H groups in total. The molecule has 1 aromatic carbocycles. The summed E-state index contributed by atoms with van der Waals surface area (Å²) in [6.07, 6.45) is 1.29. The first-order valence-corrected chi connectivity index (χ1v) is 5.75. The molecule has 1 unspecified atom stereocenters. The summed E-state index contributed by atoms with van der Waals surface area (Å²) in [5, 5.41) is 9.17. The second-order valence-corrected chi connectivity index (χ2v) is 4.28. The second kappa shape index (κ2) is 5.06. The number of benzene rings is 1. The first-order valence-electron chi connectivity index (χ1n) is 5.75. The minimum absolute atomic E-state index is 0.128. The van der Waals surface area contributed by atoms with Crippen molar-refractivity contribution < 1.29 is 19.4 Å². The number of aromatic hydroxyl groups is 1. The van der Waals surface area contributed by atoms with Crippen LogP contribution in [0.3, 0.4) is 0 Å². The van der Waals surface area contributed by atoms with E-state index in [0.29, 0.717) is 17.2 Å². The highest BCUT2D eigenvalue weighted by atomic mass is 16.5. The van der Waals surface area contributed by atoms with E-state index in [1.54, 1.807) is 26.0 Å². The predicted molar refractivity (Wildman–Crippen MR) is 69.2 cm³/mol. The van der Waals surface area contributed by atoms with Crippen molar-refractivity contribution in [3.63, 3.8) is 0 Å². The number of nitrogens with zero attached hydrogens (tertiary/aromatic N) is 1. The number of hydrogen-bond donors (Lipinski definition) is 1. The quantitative estimate of drug-likeness (QED) is 0.501. The van der Waals surface area contributed by atoms with Gasteiger partial charge in [0.15, 0.2) is 11.7 Å². The Bertz CT molecular complexity index is 584. The number of ether oxygens (including phenoxy) is 1. The maximum Gasteiger partial charge on any atom is 0.327 e. The number of cyclic esters (lactones) is 1. The van der Waals surface area contributed by atoms with Gasteiger partial charge < -0.3 is 9.84 Å². The van der Waals surface area contributed by atoms with Gasteiger partial charge in [0.1, 0.15) is 11.5 Å². The molecule has 98 valence electrons. The monoisotopic (exact) mass is 259 g/mol. The lowest BCUT2D eigenvalue weighted by atomic mass is 9.96. The molecular formula is C14H13NO4. The van der Waals surface area contributed by atoms with Gasteiger partial charge >= 0.3 is 5.97 Å². The molecule has 0 bridgehead atoms. The first-order chi connectivity index (χ1) is 8.97. The SMILES string of the molecule is CC1=CC(=O)C(C(C)=Nc2ccc(O)cc2)C(=O)O1. The fourth-order valence-electron chi connectivity index (χ4n) is 1.82. The highest BCUT2D eigenvalue weighted by molar-refractivity contribution is 6.23. The molecule has 0 saturated heterocycles. The van der Waals surface area contributed by atoms with Gasteiger partial charge in [-0.15, -0.1) is 0 Å². The van der Waals surface area contributed by atoms with Crippen LogP contribution in [-0.2, 0) is 14.3 Å². The normalized spacial score (nSPS) is 20.0. The summed E-state index contributed by atoms with van der Waals surface area (Å²) in [5.41, 5.74) is 0.923. The summed E-state index contributed by atoms with van der Waals surface area (Å²) in [6, 6.07) is 6.16. The summed E-state index contributed by atoms with van der Waals surface area (Å²) in [5.74, 6) is -1.50. The van der Waals surface area contributed by atoms with Crippen LogP contribution in [0.2, 0.25) is 0 Å². The van der Waals surface area contributed by atoms with E-state index >= 15 is 0 Å². The van der Waals surface area contributed by atoms with Gasteiger partial charge in [-0.3, -0.25) is 14.6 Å². The van der Waals surface area contributed by atoms with E-state index in [4.69, 9.17) is 9.84 Å². The maximum absolute atomic E-state index is 11.8. The van der Waals surface area contributed by atoms with Gasteiger partial charge in [-0.2, -0.15) is 0 Å². The minimum Gasteiger partial charge on any atom is -0.508 e. The van der Waals surface area contributed by atoms with Crippen LogP contribution < -0.4 is 0 Å². The molecule has 2 rings (SSSR count). The van der Waals surface area contributed by atoms with Crippen molar-refractivity contribution in [3.8, 4) is 5.75 Å². The number of aliphatic imine (C=N–C) groups is 1. The third-order valence-corrected chi connectivity index (χ3v) is 2.70. The van der Waals surface area contributed by atoms with Crippen LogP contribution in [-0.4, -0.2) is 22.6 Å². The zero-order valence-electron chi connectivity index (χ0n) is 10.6. The fraction of sp³-hybridized carbons (Fsp3) is 0.214. The van der Waals surface area contributed by atoms with Crippen LogP contribution in [0.5, 0.6) is 5.75 Å². The first kappa shape index (κ1) is 13.0. The molecule has 1 aliphatic rings. The van der Waals surface area contributed by atoms with E-state index in [1.807, 2.05) is 0 Å². The topological polar surface area (TPSA) is 76.0 Å². The summed E-state index contributed by atoms with van der Waals surface area (Å²) in [7, 11) is 0. The second-order valence-electron chi connectivity index (χ2n) is 4.28. The molecule has 1 aliphatic heterocycles. The molecule has 0 amide bonds. The van der Waals surface area contributed by atoms with Crippen molar-refractivity contribution in [2.24, 2.45) is 10.9 Å². The van der Waals surface area contributed by atoms with E-state index in [-0.39, 0.29) is 11.5 Å². The molecule has 1 aromatic rings. The Labute approximate surface area is 110 Å². The van der Waals surface area contributed by atoms with Crippen molar-refractivity contribution >= 4 is 23.2 Å². The Morgan fingerprint density at radius 2 is 1.89 bits per heavy atom. The van der Waals surface area contributed by atoms with Crippen molar-refractivity contribution in [1.82, 2.24) is 0 Å². The Balaban J connectivity index is 2.28. The van der Waals surface area contributed by atoms with Crippen LogP contribution in [0.25, 0.3) is 0 Å². The van der Waals surface area contributed by atoms with E-state index in [0.717, 1.165) is 0 Å². The van der Waals surface area contributed by atoms with Crippen molar-refractivity contribution in [3.05, 3.63) is 36.1 Å². The zero-order valence-corrected chi connectivity index (χ0v) is 10.6. The molecule has 0 aromatic heterocycles. The Morgan fingerprint density at radius 1 is 1.26 bits per heavy atom. The molecule has 19 heavy (non-hydrogen) atoms. The lowest BCUT2D eigenvalue weighted by molar-refractivity contribution is -0.146. The standard InChI is InChI=1S/C14H13NO4/c1-8-7-12(17)13(14(18)19-8)9(2)15-10-3-5-11(16)6-4-10/h3-7,13,16H,1-2H3. The van der Waals surface area contributed by atoms with Crippen molar-refractivity contribution in [2.75, 3.05) is 0 Å². The minimum atomic E-state index is -0.988. The average molecular weight is 259 g/mol. The summed E-state index contributed by atoms with van der Waals surface area (Å²) >= 11 is 0. The number of esters is 1. The van der Waals surface area contributed by atoms with Gasteiger partial charge in [0.2, 0.25) is 0 Å². The van der Waals surface area contributed by atoms with E-state index in [9.17, 15) is 9.59 Å². The number of carbonyl (C=O) groups excluding carboxylic acids is 2. The highest BCUT2D eigenvalue weighted by Crippen LogP contribution is 2.21. The van der Waals surface area contributed by atoms with Gasteiger partial charge in [-0.25, -0.2) is 0 Å². The van der Waals surface area contributed by atoms with Gasteiger partial charge in [0.25, 0.3) is 0 Å². The van der Waals surface area contributed by atoms with E-state index < -0.39 is 11.9 Å². The Hall–Kier alpha value is -2.43. The largest absolute Gasteiger partial charge is 0.508 e. The number of carbonyl (C=O) groups is 2. The average Bonchev–Trinajstić information content (AvgIpc) is 2.30. The highest BCUT2D eigenvalue weighted by Gasteiger charge is 2.33. The third-order valence-electron chi connectivity index (χ3n) is 2.70. The number of phenols is 1. The van der Waals surface area contributed by atoms with Crippen LogP contribution in [0.4, 0.5) is 5.69 Å². The third kappa shape index (κ3) is 2.88. The number of phenolic OH excluding ortho intramolecular Hbond substituents is 1. The number of hydrogen-bond acceptors (Lipinski definition) is 5. The van der Waals surface area contributed by atoms with Gasteiger partial charge in [-0.1, -0.05) is 0 Å². The molecule has 1 atom stereocenters. The molecule has 0 spiro atoms. The molecule has 5 heteroatoms. The maximum atomic E-state index is 11.8. The van der Waals surface area contributed by atoms with Crippen molar-refractivity contribution in [1.29, 1.82) is 0 Å². The molecule has 0 saturated carbocycles. The zero-order chi connectivity index (χ0) is 14.0. The van der Waals surface area contributed by atoms with Crippen LogP contribution >= 0.6 is 0 Å². The Morgan fingerprint density at radius 3 is 2.47 bits per heavy atom. The predicted octanol–water partition coefficient (Wildman–Crippen LogP) is 2.13. The molecule has 0 aliphatic carbocycles. The van der Waals surface area contributed by atoms with Gasteiger partial charge in [0.05, 0.1) is 5.69 Å². The molecule has 0 fully saturated rings. The van der Waals surface area contributed by atoms with Crippen LogP contribution in [0.1, 0.15) is 13.8 Å².